The number of fused-ring (bicyclic) bond motifs is 1. The molecule has 3 aromatic rings. The van der Waals surface area contributed by atoms with Crippen molar-refractivity contribution in [1.82, 2.24) is 15.1 Å². The summed E-state index contributed by atoms with van der Waals surface area (Å²) in [5.41, 5.74) is 2.03. The predicted molar refractivity (Wildman–Crippen MR) is 145 cm³/mol. The number of nitrogens with one attached hydrogen (secondary N) is 1. The first kappa shape index (κ1) is 28.3. The zero-order valence-corrected chi connectivity index (χ0v) is 23.1. The Morgan fingerprint density at radius 1 is 1.08 bits per heavy atom. The Kier molecular flexibility index (Phi) is 8.74. The third-order valence-corrected chi connectivity index (χ3v) is 6.57. The van der Waals surface area contributed by atoms with Gasteiger partial charge in [-0.1, -0.05) is 45.4 Å². The van der Waals surface area contributed by atoms with Crippen molar-refractivity contribution in [2.24, 2.45) is 5.41 Å². The minimum Gasteiger partial charge on any atom is -0.505 e. The van der Waals surface area contributed by atoms with Crippen molar-refractivity contribution in [1.29, 1.82) is 0 Å². The summed E-state index contributed by atoms with van der Waals surface area (Å²) in [6.45, 7) is 12.0. The molecule has 9 heteroatoms. The molecule has 0 radical (unpaired) electrons. The van der Waals surface area contributed by atoms with Gasteiger partial charge < -0.3 is 19.9 Å². The fourth-order valence-electron chi connectivity index (χ4n) is 3.63. The zero-order chi connectivity index (χ0) is 27.4. The number of nitrogens with zero attached hydrogens (tertiary/aromatic N) is 2. The predicted octanol–water partition coefficient (Wildman–Crippen LogP) is 5.93. The van der Waals surface area contributed by atoms with E-state index in [1.807, 2.05) is 65.9 Å². The van der Waals surface area contributed by atoms with E-state index in [9.17, 15) is 14.7 Å². The smallest absolute Gasteiger partial charge is 0.407 e. The van der Waals surface area contributed by atoms with Crippen LogP contribution in [-0.4, -0.2) is 46.7 Å². The number of phenols is 1. The van der Waals surface area contributed by atoms with Crippen LogP contribution in [-0.2, 0) is 26.1 Å². The van der Waals surface area contributed by atoms with Crippen molar-refractivity contribution in [2.75, 3.05) is 19.8 Å². The van der Waals surface area contributed by atoms with Gasteiger partial charge in [0.15, 0.2) is 0 Å². The summed E-state index contributed by atoms with van der Waals surface area (Å²) in [4.78, 5) is 24.1. The Morgan fingerprint density at radius 2 is 1.81 bits per heavy atom. The maximum Gasteiger partial charge on any atom is 0.407 e. The largest absolute Gasteiger partial charge is 0.505 e. The molecule has 0 aliphatic rings. The lowest BCUT2D eigenvalue weighted by atomic mass is 9.84. The Labute approximate surface area is 222 Å². The summed E-state index contributed by atoms with van der Waals surface area (Å²) in [6.07, 6.45) is 2.37. The van der Waals surface area contributed by atoms with E-state index in [1.165, 1.54) is 0 Å². The molecule has 1 heterocycles. The quantitative estimate of drug-likeness (QED) is 0.263. The molecule has 0 saturated heterocycles. The highest BCUT2D eigenvalue weighted by Crippen LogP contribution is 2.37. The summed E-state index contributed by atoms with van der Waals surface area (Å²) in [6, 6.07) is 9.22. The standard InChI is InChI=1S/C28H36ClN3O5/c1-7-28(5,6)25(34)36-13-11-30-26(35)37-12-10-18-14-21(27(2,3)4)24(33)23(15-18)32-17-19-8-9-20(29)16-22(19)31-32/h8-9,14-17,33H,7,10-13H2,1-6H3,(H,30,35). The molecule has 0 fully saturated rings. The molecule has 1 aromatic heterocycles. The van der Waals surface area contributed by atoms with Crippen molar-refractivity contribution in [3.05, 3.63) is 52.7 Å². The number of benzene rings is 2. The first-order chi connectivity index (χ1) is 17.3. The number of halogens is 1. The van der Waals surface area contributed by atoms with Crippen LogP contribution in [0.15, 0.2) is 36.5 Å². The van der Waals surface area contributed by atoms with Gasteiger partial charge in [-0.15, -0.1) is 0 Å². The highest BCUT2D eigenvalue weighted by atomic mass is 35.5. The van der Waals surface area contributed by atoms with Crippen LogP contribution < -0.4 is 5.32 Å². The molecule has 200 valence electrons. The van der Waals surface area contributed by atoms with E-state index in [2.05, 4.69) is 10.4 Å². The molecule has 2 aromatic carbocycles. The van der Waals surface area contributed by atoms with Crippen LogP contribution in [0.3, 0.4) is 0 Å². The topological polar surface area (TPSA) is 103 Å². The normalized spacial score (nSPS) is 12.0. The number of rotatable bonds is 9. The number of carbonyl (C=O) groups is 2. The van der Waals surface area contributed by atoms with Gasteiger partial charge in [0.2, 0.25) is 0 Å². The van der Waals surface area contributed by atoms with E-state index >= 15 is 0 Å². The Morgan fingerprint density at radius 3 is 2.49 bits per heavy atom. The summed E-state index contributed by atoms with van der Waals surface area (Å²) >= 11 is 6.11. The summed E-state index contributed by atoms with van der Waals surface area (Å²) in [5.74, 6) is -0.147. The lowest BCUT2D eigenvalue weighted by Gasteiger charge is -2.23. The number of ether oxygens (including phenoxy) is 2. The number of phenolic OH excluding ortho intramolecular Hbond substituents is 1. The van der Waals surface area contributed by atoms with Crippen LogP contribution in [0.4, 0.5) is 4.79 Å². The number of alkyl carbamates (subject to hydrolysis) is 1. The van der Waals surface area contributed by atoms with Gasteiger partial charge >= 0.3 is 12.1 Å². The van der Waals surface area contributed by atoms with Crippen LogP contribution in [0, 0.1) is 5.41 Å². The average molecular weight is 530 g/mol. The molecule has 3 rings (SSSR count). The molecule has 0 atom stereocenters. The maximum atomic E-state index is 12.1. The van der Waals surface area contributed by atoms with E-state index in [0.717, 1.165) is 22.0 Å². The monoisotopic (exact) mass is 529 g/mol. The summed E-state index contributed by atoms with van der Waals surface area (Å²) < 4.78 is 12.2. The molecule has 0 aliphatic carbocycles. The number of esters is 1. The lowest BCUT2D eigenvalue weighted by Crippen LogP contribution is -2.32. The number of hydrogen-bond acceptors (Lipinski definition) is 6. The minimum absolute atomic E-state index is 0.0804. The van der Waals surface area contributed by atoms with E-state index in [4.69, 9.17) is 21.1 Å². The van der Waals surface area contributed by atoms with Gasteiger partial charge in [0.1, 0.15) is 18.0 Å². The average Bonchev–Trinajstić information content (AvgIpc) is 3.24. The number of amides is 1. The lowest BCUT2D eigenvalue weighted by molar-refractivity contribution is -0.153. The van der Waals surface area contributed by atoms with E-state index < -0.39 is 11.5 Å². The van der Waals surface area contributed by atoms with E-state index in [-0.39, 0.29) is 36.9 Å². The number of hydrogen-bond donors (Lipinski definition) is 2. The second-order valence-corrected chi connectivity index (χ2v) is 11.2. The van der Waals surface area contributed by atoms with Crippen molar-refractivity contribution in [3.63, 3.8) is 0 Å². The molecule has 0 unspecified atom stereocenters. The van der Waals surface area contributed by atoms with Gasteiger partial charge in [-0.2, -0.15) is 5.10 Å². The highest BCUT2D eigenvalue weighted by Gasteiger charge is 2.27. The summed E-state index contributed by atoms with van der Waals surface area (Å²) in [7, 11) is 0. The molecule has 0 saturated carbocycles. The number of carbonyl (C=O) groups excluding carboxylic acids is 2. The van der Waals surface area contributed by atoms with Gasteiger partial charge in [-0.05, 0) is 55.5 Å². The first-order valence-corrected chi connectivity index (χ1v) is 12.8. The summed E-state index contributed by atoms with van der Waals surface area (Å²) in [5, 5.41) is 19.8. The minimum atomic E-state index is -0.587. The molecular weight excluding hydrogens is 494 g/mol. The van der Waals surface area contributed by atoms with E-state index in [1.54, 1.807) is 16.8 Å². The van der Waals surface area contributed by atoms with Gasteiger partial charge in [-0.25, -0.2) is 9.48 Å². The molecule has 0 spiro atoms. The van der Waals surface area contributed by atoms with Crippen molar-refractivity contribution in [2.45, 2.75) is 59.8 Å². The fourth-order valence-corrected chi connectivity index (χ4v) is 3.80. The third-order valence-electron chi connectivity index (χ3n) is 6.34. The van der Waals surface area contributed by atoms with Crippen LogP contribution in [0.1, 0.15) is 59.1 Å². The van der Waals surface area contributed by atoms with Gasteiger partial charge in [0, 0.05) is 28.6 Å². The van der Waals surface area contributed by atoms with Crippen LogP contribution in [0.5, 0.6) is 5.75 Å². The zero-order valence-electron chi connectivity index (χ0n) is 22.4. The van der Waals surface area contributed by atoms with E-state index in [0.29, 0.717) is 23.6 Å². The SMILES string of the molecule is CCC(C)(C)C(=O)OCCNC(=O)OCCc1cc(-n2cc3ccc(Cl)cc3n2)c(O)c(C(C)(C)C)c1. The highest BCUT2D eigenvalue weighted by molar-refractivity contribution is 6.31. The third kappa shape index (κ3) is 7.16. The molecule has 0 bridgehead atoms. The fraction of sp³-hybridized carbons (Fsp3) is 0.464. The molecule has 37 heavy (non-hydrogen) atoms. The Hall–Kier alpha value is -3.26. The van der Waals surface area contributed by atoms with Crippen molar-refractivity contribution >= 4 is 34.6 Å². The molecule has 2 N–H and O–H groups in total. The van der Waals surface area contributed by atoms with Crippen LogP contribution in [0.25, 0.3) is 16.6 Å². The van der Waals surface area contributed by atoms with Crippen molar-refractivity contribution < 1.29 is 24.2 Å². The van der Waals surface area contributed by atoms with Crippen molar-refractivity contribution in [3.8, 4) is 11.4 Å². The van der Waals surface area contributed by atoms with Crippen LogP contribution in [0.2, 0.25) is 5.02 Å². The number of aromatic hydroxyl groups is 1. The Balaban J connectivity index is 1.65. The number of aromatic nitrogens is 2. The van der Waals surface area contributed by atoms with Gasteiger partial charge in [0.05, 0.1) is 24.1 Å². The molecule has 1 amide bonds. The molecule has 0 aliphatic heterocycles. The van der Waals surface area contributed by atoms with Crippen LogP contribution >= 0.6 is 11.6 Å². The molecule has 8 nitrogen and oxygen atoms in total. The van der Waals surface area contributed by atoms with Gasteiger partial charge in [0.25, 0.3) is 0 Å². The van der Waals surface area contributed by atoms with Gasteiger partial charge in [-0.3, -0.25) is 4.79 Å². The first-order valence-electron chi connectivity index (χ1n) is 12.4. The maximum absolute atomic E-state index is 12.1. The Bertz CT molecular complexity index is 1280. The second-order valence-electron chi connectivity index (χ2n) is 10.7. The second kappa shape index (κ2) is 11.4. The molecular formula is C28H36ClN3O5.